The molecule has 0 aliphatic rings. The Labute approximate surface area is 165 Å². The molecule has 0 spiro atoms. The number of nitrogens with one attached hydrogen (secondary N) is 1. The first-order valence-electron chi connectivity index (χ1n) is 8.15. The van der Waals surface area contributed by atoms with E-state index >= 15 is 0 Å². The minimum Gasteiger partial charge on any atom is -0.322 e. The fourth-order valence-corrected chi connectivity index (χ4v) is 3.41. The molecule has 1 N–H and O–H groups in total. The Kier molecular flexibility index (Phi) is 4.56. The van der Waals surface area contributed by atoms with E-state index in [2.05, 4.69) is 15.4 Å². The number of carbonyl (C=O) groups is 1. The summed E-state index contributed by atoms with van der Waals surface area (Å²) in [6.45, 7) is 0. The summed E-state index contributed by atoms with van der Waals surface area (Å²) in [5.74, 6) is -0.360. The number of hydrogen-bond acceptors (Lipinski definition) is 3. The summed E-state index contributed by atoms with van der Waals surface area (Å²) in [4.78, 5) is 17.1. The van der Waals surface area contributed by atoms with Gasteiger partial charge in [-0.2, -0.15) is 5.10 Å². The normalized spacial score (nSPS) is 10.9. The van der Waals surface area contributed by atoms with Crippen molar-refractivity contribution in [3.8, 4) is 11.1 Å². The zero-order chi connectivity index (χ0) is 19.0. The van der Waals surface area contributed by atoms with Gasteiger partial charge in [0.1, 0.15) is 0 Å². The molecule has 1 amide bonds. The third-order valence-electron chi connectivity index (χ3n) is 4.17. The second-order valence-corrected chi connectivity index (χ2v) is 6.90. The van der Waals surface area contributed by atoms with E-state index in [4.69, 9.17) is 23.2 Å². The molecule has 5 nitrogen and oxygen atoms in total. The molecule has 0 fully saturated rings. The average molecular weight is 397 g/mol. The van der Waals surface area contributed by atoms with Crippen LogP contribution in [0.5, 0.6) is 0 Å². The number of anilines is 1. The number of fused-ring (bicyclic) bond motifs is 1. The summed E-state index contributed by atoms with van der Waals surface area (Å²) < 4.78 is 1.74. The minimum absolute atomic E-state index is 0.253. The molecule has 4 aromatic rings. The molecule has 0 aliphatic heterocycles. The van der Waals surface area contributed by atoms with Crippen LogP contribution in [0.1, 0.15) is 10.4 Å². The number of carbonyl (C=O) groups excluding carboxylic acids is 1. The molecule has 0 unspecified atom stereocenters. The van der Waals surface area contributed by atoms with Crippen LogP contribution in [0, 0.1) is 0 Å². The van der Waals surface area contributed by atoms with Crippen molar-refractivity contribution >= 4 is 45.7 Å². The SMILES string of the molecule is Cn1cc(-c2cnc3ccc(NC(=O)c4c(Cl)cccc4Cl)cc3c2)cn1. The van der Waals surface area contributed by atoms with Crippen molar-refractivity contribution in [3.63, 3.8) is 0 Å². The highest BCUT2D eigenvalue weighted by Gasteiger charge is 2.15. The molecule has 4 rings (SSSR count). The van der Waals surface area contributed by atoms with Crippen molar-refractivity contribution < 1.29 is 4.79 Å². The lowest BCUT2D eigenvalue weighted by Crippen LogP contribution is -2.13. The van der Waals surface area contributed by atoms with Gasteiger partial charge in [0.25, 0.3) is 5.91 Å². The summed E-state index contributed by atoms with van der Waals surface area (Å²) in [7, 11) is 1.87. The lowest BCUT2D eigenvalue weighted by atomic mass is 10.1. The lowest BCUT2D eigenvalue weighted by Gasteiger charge is -2.09. The number of hydrogen-bond donors (Lipinski definition) is 1. The Morgan fingerprint density at radius 3 is 2.52 bits per heavy atom. The number of halogens is 2. The first-order chi connectivity index (χ1) is 13.0. The number of nitrogens with zero attached hydrogens (tertiary/aromatic N) is 3. The van der Waals surface area contributed by atoms with Crippen molar-refractivity contribution in [2.45, 2.75) is 0 Å². The molecule has 2 aromatic carbocycles. The molecule has 7 heteroatoms. The zero-order valence-electron chi connectivity index (χ0n) is 14.3. The Morgan fingerprint density at radius 2 is 1.81 bits per heavy atom. The van der Waals surface area contributed by atoms with E-state index < -0.39 is 0 Å². The van der Waals surface area contributed by atoms with Gasteiger partial charge >= 0.3 is 0 Å². The molecule has 0 radical (unpaired) electrons. The standard InChI is InChI=1S/C20H14Cl2N4O/c1-26-11-14(10-24-26)13-7-12-8-15(5-6-18(12)23-9-13)25-20(27)19-16(21)3-2-4-17(19)22/h2-11H,1H3,(H,25,27). The Balaban J connectivity index is 1.67. The van der Waals surface area contributed by atoms with Crippen LogP contribution >= 0.6 is 23.2 Å². The van der Waals surface area contributed by atoms with E-state index in [1.54, 1.807) is 41.3 Å². The highest BCUT2D eigenvalue weighted by molar-refractivity contribution is 6.40. The Morgan fingerprint density at radius 1 is 1.04 bits per heavy atom. The number of aryl methyl sites for hydroxylation is 1. The fourth-order valence-electron chi connectivity index (χ4n) is 2.85. The third kappa shape index (κ3) is 3.52. The number of aromatic nitrogens is 3. The molecular formula is C20H14Cl2N4O. The summed E-state index contributed by atoms with van der Waals surface area (Å²) >= 11 is 12.2. The van der Waals surface area contributed by atoms with Gasteiger partial charge in [0, 0.05) is 41.6 Å². The molecule has 2 heterocycles. The van der Waals surface area contributed by atoms with Gasteiger partial charge in [0.2, 0.25) is 0 Å². The quantitative estimate of drug-likeness (QED) is 0.517. The average Bonchev–Trinajstić information content (AvgIpc) is 3.07. The van der Waals surface area contributed by atoms with E-state index in [1.165, 1.54) is 0 Å². The molecule has 0 bridgehead atoms. The van der Waals surface area contributed by atoms with E-state index in [0.29, 0.717) is 15.7 Å². The van der Waals surface area contributed by atoms with Crippen molar-refractivity contribution in [3.05, 3.63) is 76.7 Å². The predicted octanol–water partition coefficient (Wildman–Crippen LogP) is 5.19. The fraction of sp³-hybridized carbons (Fsp3) is 0.0500. The van der Waals surface area contributed by atoms with Crippen molar-refractivity contribution in [2.24, 2.45) is 7.05 Å². The third-order valence-corrected chi connectivity index (χ3v) is 4.80. The molecule has 0 saturated carbocycles. The van der Waals surface area contributed by atoms with Gasteiger partial charge in [-0.1, -0.05) is 29.3 Å². The molecule has 2 aromatic heterocycles. The van der Waals surface area contributed by atoms with Crippen molar-refractivity contribution in [1.82, 2.24) is 14.8 Å². The monoisotopic (exact) mass is 396 g/mol. The summed E-state index contributed by atoms with van der Waals surface area (Å²) in [6.07, 6.45) is 5.52. The number of pyridine rings is 1. The van der Waals surface area contributed by atoms with Gasteiger partial charge < -0.3 is 5.32 Å². The van der Waals surface area contributed by atoms with E-state index in [-0.39, 0.29) is 11.5 Å². The molecular weight excluding hydrogens is 383 g/mol. The van der Waals surface area contributed by atoms with Crippen molar-refractivity contribution in [1.29, 1.82) is 0 Å². The Hall–Kier alpha value is -2.89. The second-order valence-electron chi connectivity index (χ2n) is 6.08. The minimum atomic E-state index is -0.360. The predicted molar refractivity (Wildman–Crippen MR) is 108 cm³/mol. The van der Waals surface area contributed by atoms with Crippen LogP contribution < -0.4 is 5.32 Å². The van der Waals surface area contributed by atoms with Gasteiger partial charge in [0.15, 0.2) is 0 Å². The first-order valence-corrected chi connectivity index (χ1v) is 8.91. The smallest absolute Gasteiger partial charge is 0.258 e. The summed E-state index contributed by atoms with van der Waals surface area (Å²) in [6, 6.07) is 12.5. The maximum atomic E-state index is 12.6. The van der Waals surface area contributed by atoms with E-state index in [0.717, 1.165) is 22.0 Å². The molecule has 0 atom stereocenters. The van der Waals surface area contributed by atoms with Gasteiger partial charge in [-0.25, -0.2) is 0 Å². The maximum Gasteiger partial charge on any atom is 0.258 e. The van der Waals surface area contributed by atoms with Gasteiger partial charge in [0.05, 0.1) is 27.3 Å². The molecule has 27 heavy (non-hydrogen) atoms. The van der Waals surface area contributed by atoms with Gasteiger partial charge in [-0.05, 0) is 36.4 Å². The molecule has 0 aliphatic carbocycles. The largest absolute Gasteiger partial charge is 0.322 e. The van der Waals surface area contributed by atoms with Crippen LogP contribution in [0.4, 0.5) is 5.69 Å². The summed E-state index contributed by atoms with van der Waals surface area (Å²) in [5.41, 5.74) is 3.64. The zero-order valence-corrected chi connectivity index (χ0v) is 15.8. The van der Waals surface area contributed by atoms with E-state index in [1.807, 2.05) is 31.4 Å². The second kappa shape index (κ2) is 7.02. The lowest BCUT2D eigenvalue weighted by molar-refractivity contribution is 0.102. The maximum absolute atomic E-state index is 12.6. The first kappa shape index (κ1) is 17.5. The van der Waals surface area contributed by atoms with E-state index in [9.17, 15) is 4.79 Å². The number of benzene rings is 2. The van der Waals surface area contributed by atoms with Crippen LogP contribution in [0.25, 0.3) is 22.0 Å². The topological polar surface area (TPSA) is 59.8 Å². The van der Waals surface area contributed by atoms with Crippen LogP contribution in [-0.2, 0) is 7.05 Å². The highest BCUT2D eigenvalue weighted by atomic mass is 35.5. The highest BCUT2D eigenvalue weighted by Crippen LogP contribution is 2.27. The number of amides is 1. The summed E-state index contributed by atoms with van der Waals surface area (Å²) in [5, 5.41) is 8.55. The van der Waals surface area contributed by atoms with Crippen molar-refractivity contribution in [2.75, 3.05) is 5.32 Å². The Bertz CT molecular complexity index is 1150. The van der Waals surface area contributed by atoms with Crippen LogP contribution in [-0.4, -0.2) is 20.7 Å². The molecule has 134 valence electrons. The van der Waals surface area contributed by atoms with Crippen LogP contribution in [0.2, 0.25) is 10.0 Å². The van der Waals surface area contributed by atoms with Crippen LogP contribution in [0.15, 0.2) is 61.1 Å². The van der Waals surface area contributed by atoms with Crippen LogP contribution in [0.3, 0.4) is 0 Å². The van der Waals surface area contributed by atoms with Gasteiger partial charge in [-0.3, -0.25) is 14.5 Å². The van der Waals surface area contributed by atoms with Gasteiger partial charge in [-0.15, -0.1) is 0 Å². The molecule has 0 saturated heterocycles. The number of rotatable bonds is 3.